The molecule has 0 aromatic carbocycles. The molecule has 2 nitrogen and oxygen atoms in total. The normalized spacial score (nSPS) is 34.5. The smallest absolute Gasteiger partial charge is 0.00762 e. The first-order chi connectivity index (χ1) is 6.38. The molecule has 1 fully saturated rings. The van der Waals surface area contributed by atoms with Gasteiger partial charge in [-0.15, -0.1) is 0 Å². The third-order valence-corrected chi connectivity index (χ3v) is 4.27. The molecule has 0 amide bonds. The second kappa shape index (κ2) is 4.86. The molecule has 3 atom stereocenters. The van der Waals surface area contributed by atoms with Gasteiger partial charge in [-0.25, -0.2) is 0 Å². The predicted molar refractivity (Wildman–Crippen MR) is 65.5 cm³/mol. The van der Waals surface area contributed by atoms with Crippen molar-refractivity contribution in [1.82, 2.24) is 0 Å². The number of hydrogen-bond donors (Lipinski definition) is 2. The molecule has 0 spiro atoms. The minimum atomic E-state index is 0.348. The first-order valence-corrected chi connectivity index (χ1v) is 6.52. The molecule has 0 aliphatic heterocycles. The summed E-state index contributed by atoms with van der Waals surface area (Å²) in [6, 6.07) is 0.769. The maximum atomic E-state index is 6.10. The van der Waals surface area contributed by atoms with Crippen LogP contribution in [-0.4, -0.2) is 22.6 Å². The van der Waals surface area contributed by atoms with Crippen LogP contribution in [0, 0.1) is 5.92 Å². The molecule has 0 aromatic rings. The zero-order chi connectivity index (χ0) is 10.8. The number of thioether (sulfide) groups is 1. The molecule has 0 aromatic heterocycles. The first kappa shape index (κ1) is 12.3. The largest absolute Gasteiger partial charge is 0.328 e. The molecule has 84 valence electrons. The van der Waals surface area contributed by atoms with E-state index in [1.165, 1.54) is 5.75 Å². The molecule has 0 bridgehead atoms. The van der Waals surface area contributed by atoms with E-state index in [0.29, 0.717) is 22.7 Å². The van der Waals surface area contributed by atoms with Crippen LogP contribution in [0.5, 0.6) is 0 Å². The number of hydrogen-bond acceptors (Lipinski definition) is 3. The van der Waals surface area contributed by atoms with E-state index in [0.717, 1.165) is 19.3 Å². The summed E-state index contributed by atoms with van der Waals surface area (Å²) < 4.78 is 0.348. The molecule has 1 aliphatic rings. The van der Waals surface area contributed by atoms with Gasteiger partial charge in [0, 0.05) is 16.8 Å². The van der Waals surface area contributed by atoms with Crippen molar-refractivity contribution in [1.29, 1.82) is 0 Å². The lowest BCUT2D eigenvalue weighted by Gasteiger charge is -2.33. The Labute approximate surface area is 92.2 Å². The van der Waals surface area contributed by atoms with Crippen molar-refractivity contribution >= 4 is 11.8 Å². The van der Waals surface area contributed by atoms with E-state index >= 15 is 0 Å². The van der Waals surface area contributed by atoms with E-state index in [2.05, 4.69) is 20.8 Å². The number of rotatable bonds is 2. The van der Waals surface area contributed by atoms with Gasteiger partial charge in [0.15, 0.2) is 0 Å². The minimum absolute atomic E-state index is 0.348. The standard InChI is InChI=1S/C11H24N2S/c1-11(2,3)14-7-8-6-9(12)4-5-10(8)13/h8-10H,4-7,12-13H2,1-3H3/t8-,9+,10-/m0/s1. The van der Waals surface area contributed by atoms with Gasteiger partial charge < -0.3 is 11.5 Å². The molecule has 1 saturated carbocycles. The van der Waals surface area contributed by atoms with Crippen LogP contribution in [0.15, 0.2) is 0 Å². The van der Waals surface area contributed by atoms with Crippen LogP contribution in [0.1, 0.15) is 40.0 Å². The Morgan fingerprint density at radius 1 is 1.21 bits per heavy atom. The van der Waals surface area contributed by atoms with Gasteiger partial charge in [-0.2, -0.15) is 11.8 Å². The van der Waals surface area contributed by atoms with Crippen molar-refractivity contribution in [2.24, 2.45) is 17.4 Å². The third kappa shape index (κ3) is 4.20. The Balaban J connectivity index is 2.35. The van der Waals surface area contributed by atoms with E-state index in [4.69, 9.17) is 11.5 Å². The molecular weight excluding hydrogens is 192 g/mol. The predicted octanol–water partition coefficient (Wildman–Crippen LogP) is 1.97. The highest BCUT2D eigenvalue weighted by atomic mass is 32.2. The van der Waals surface area contributed by atoms with E-state index in [1.54, 1.807) is 0 Å². The van der Waals surface area contributed by atoms with Crippen molar-refractivity contribution in [3.8, 4) is 0 Å². The molecule has 3 heteroatoms. The highest BCUT2D eigenvalue weighted by molar-refractivity contribution is 8.00. The Morgan fingerprint density at radius 2 is 1.86 bits per heavy atom. The van der Waals surface area contributed by atoms with E-state index < -0.39 is 0 Å². The SMILES string of the molecule is CC(C)(C)SC[C@@H]1C[C@H](N)CC[C@@H]1N. The molecule has 0 heterocycles. The van der Waals surface area contributed by atoms with Crippen LogP contribution in [0.4, 0.5) is 0 Å². The average molecular weight is 216 g/mol. The molecular formula is C11H24N2S. The van der Waals surface area contributed by atoms with Gasteiger partial charge >= 0.3 is 0 Å². The Morgan fingerprint density at radius 3 is 2.43 bits per heavy atom. The fourth-order valence-corrected chi connectivity index (χ4v) is 2.97. The van der Waals surface area contributed by atoms with Gasteiger partial charge in [0.25, 0.3) is 0 Å². The van der Waals surface area contributed by atoms with E-state index in [1.807, 2.05) is 11.8 Å². The van der Waals surface area contributed by atoms with Crippen molar-refractivity contribution in [3.05, 3.63) is 0 Å². The van der Waals surface area contributed by atoms with Crippen molar-refractivity contribution < 1.29 is 0 Å². The van der Waals surface area contributed by atoms with Crippen molar-refractivity contribution in [3.63, 3.8) is 0 Å². The summed E-state index contributed by atoms with van der Waals surface area (Å²) in [6.45, 7) is 6.77. The van der Waals surface area contributed by atoms with Crippen LogP contribution in [0.2, 0.25) is 0 Å². The lowest BCUT2D eigenvalue weighted by molar-refractivity contribution is 0.303. The summed E-state index contributed by atoms with van der Waals surface area (Å²) in [6.07, 6.45) is 3.33. The van der Waals surface area contributed by atoms with Crippen molar-refractivity contribution in [2.45, 2.75) is 56.9 Å². The van der Waals surface area contributed by atoms with Crippen molar-refractivity contribution in [2.75, 3.05) is 5.75 Å². The van der Waals surface area contributed by atoms with Gasteiger partial charge in [-0.3, -0.25) is 0 Å². The van der Waals surface area contributed by atoms with Crippen LogP contribution in [0.3, 0.4) is 0 Å². The van der Waals surface area contributed by atoms with Gasteiger partial charge in [0.05, 0.1) is 0 Å². The summed E-state index contributed by atoms with van der Waals surface area (Å²) in [7, 11) is 0. The van der Waals surface area contributed by atoms with Crippen LogP contribution >= 0.6 is 11.8 Å². The summed E-state index contributed by atoms with van der Waals surface area (Å²) in [5.41, 5.74) is 12.1. The Kier molecular flexibility index (Phi) is 4.29. The lowest BCUT2D eigenvalue weighted by atomic mass is 9.83. The van der Waals surface area contributed by atoms with Gasteiger partial charge in [-0.1, -0.05) is 20.8 Å². The molecule has 1 aliphatic carbocycles. The monoisotopic (exact) mass is 216 g/mol. The topological polar surface area (TPSA) is 52.0 Å². The first-order valence-electron chi connectivity index (χ1n) is 5.53. The van der Waals surface area contributed by atoms with Gasteiger partial charge in [0.1, 0.15) is 0 Å². The Hall–Kier alpha value is 0.270. The van der Waals surface area contributed by atoms with E-state index in [9.17, 15) is 0 Å². The van der Waals surface area contributed by atoms with Gasteiger partial charge in [0.2, 0.25) is 0 Å². The van der Waals surface area contributed by atoms with Crippen LogP contribution < -0.4 is 11.5 Å². The molecule has 4 N–H and O–H groups in total. The molecule has 0 unspecified atom stereocenters. The highest BCUT2D eigenvalue weighted by Gasteiger charge is 2.27. The maximum Gasteiger partial charge on any atom is 0.00762 e. The molecule has 14 heavy (non-hydrogen) atoms. The molecule has 0 saturated heterocycles. The third-order valence-electron chi connectivity index (χ3n) is 2.81. The van der Waals surface area contributed by atoms with Gasteiger partial charge in [-0.05, 0) is 30.9 Å². The van der Waals surface area contributed by atoms with Crippen LogP contribution in [0.25, 0.3) is 0 Å². The maximum absolute atomic E-state index is 6.10. The van der Waals surface area contributed by atoms with Crippen LogP contribution in [-0.2, 0) is 0 Å². The zero-order valence-corrected chi connectivity index (χ0v) is 10.4. The fourth-order valence-electron chi connectivity index (χ4n) is 1.87. The average Bonchev–Trinajstić information content (AvgIpc) is 2.05. The summed E-state index contributed by atoms with van der Waals surface area (Å²) in [5.74, 6) is 1.79. The molecule has 1 rings (SSSR count). The zero-order valence-electron chi connectivity index (χ0n) is 9.62. The minimum Gasteiger partial charge on any atom is -0.328 e. The Bertz CT molecular complexity index is 177. The summed E-state index contributed by atoms with van der Waals surface area (Å²) >= 11 is 2.01. The molecule has 0 radical (unpaired) electrons. The highest BCUT2D eigenvalue weighted by Crippen LogP contribution is 2.31. The quantitative estimate of drug-likeness (QED) is 0.742. The lowest BCUT2D eigenvalue weighted by Crippen LogP contribution is -2.42. The summed E-state index contributed by atoms with van der Waals surface area (Å²) in [4.78, 5) is 0. The summed E-state index contributed by atoms with van der Waals surface area (Å²) in [5, 5.41) is 0. The second-order valence-electron chi connectivity index (χ2n) is 5.42. The fraction of sp³-hybridized carbons (Fsp3) is 1.00. The van der Waals surface area contributed by atoms with E-state index in [-0.39, 0.29) is 0 Å². The second-order valence-corrected chi connectivity index (χ2v) is 7.27. The number of nitrogens with two attached hydrogens (primary N) is 2.